The summed E-state index contributed by atoms with van der Waals surface area (Å²) >= 11 is 0. The number of anilines is 1. The van der Waals surface area contributed by atoms with Crippen LogP contribution < -0.4 is 5.32 Å². The smallest absolute Gasteiger partial charge is 0.412 e. The normalized spacial score (nSPS) is 11.2. The lowest BCUT2D eigenvalue weighted by molar-refractivity contribution is 0.0633. The summed E-state index contributed by atoms with van der Waals surface area (Å²) in [6.45, 7) is 9.09. The van der Waals surface area contributed by atoms with Crippen LogP contribution in [0, 0.1) is 13.8 Å². The first kappa shape index (κ1) is 17.5. The molecule has 0 saturated carbocycles. The molecule has 7 nitrogen and oxygen atoms in total. The van der Waals surface area contributed by atoms with Gasteiger partial charge in [0.2, 0.25) is 0 Å². The Morgan fingerprint density at radius 1 is 1.21 bits per heavy atom. The molecule has 7 heteroatoms. The minimum atomic E-state index is -1.17. The van der Waals surface area contributed by atoms with Crippen molar-refractivity contribution >= 4 is 17.7 Å². The maximum absolute atomic E-state index is 12.0. The number of rotatable bonds is 3. The molecule has 1 heterocycles. The fraction of sp³-hybridized carbons (Fsp3) is 0.353. The fourth-order valence-electron chi connectivity index (χ4n) is 2.06. The van der Waals surface area contributed by atoms with Gasteiger partial charge < -0.3 is 14.4 Å². The van der Waals surface area contributed by atoms with Gasteiger partial charge in [-0.25, -0.2) is 9.59 Å². The Morgan fingerprint density at radius 3 is 2.42 bits per heavy atom. The number of nitrogens with zero attached hydrogens (tertiary/aromatic N) is 1. The van der Waals surface area contributed by atoms with E-state index in [4.69, 9.17) is 14.4 Å². The SMILES string of the molecule is Cc1cc(-c2cc(C(=O)O)no2)cc(NC(=O)OC(C)(C)C)c1C. The first-order valence-corrected chi connectivity index (χ1v) is 7.38. The van der Waals surface area contributed by atoms with Gasteiger partial charge in [-0.05, 0) is 57.9 Å². The molecule has 0 bridgehead atoms. The number of aromatic nitrogens is 1. The van der Waals surface area contributed by atoms with Gasteiger partial charge in [-0.15, -0.1) is 0 Å². The van der Waals surface area contributed by atoms with E-state index in [0.717, 1.165) is 11.1 Å². The van der Waals surface area contributed by atoms with Crippen molar-refractivity contribution < 1.29 is 24.0 Å². The highest BCUT2D eigenvalue weighted by atomic mass is 16.6. The van der Waals surface area contributed by atoms with Crippen LogP contribution in [0.1, 0.15) is 42.4 Å². The molecule has 1 amide bonds. The molecule has 0 saturated heterocycles. The molecule has 0 aliphatic carbocycles. The second-order valence-electron chi connectivity index (χ2n) is 6.47. The van der Waals surface area contributed by atoms with Crippen molar-refractivity contribution in [1.29, 1.82) is 0 Å². The Kier molecular flexibility index (Phi) is 4.64. The topological polar surface area (TPSA) is 102 Å². The van der Waals surface area contributed by atoms with Crippen LogP contribution in [0.25, 0.3) is 11.3 Å². The minimum absolute atomic E-state index is 0.176. The van der Waals surface area contributed by atoms with Crippen molar-refractivity contribution in [2.45, 2.75) is 40.2 Å². The fourth-order valence-corrected chi connectivity index (χ4v) is 2.06. The zero-order valence-electron chi connectivity index (χ0n) is 14.3. The molecule has 0 aliphatic heterocycles. The van der Waals surface area contributed by atoms with Crippen LogP contribution in [-0.2, 0) is 4.74 Å². The third-order valence-corrected chi connectivity index (χ3v) is 3.32. The lowest BCUT2D eigenvalue weighted by Crippen LogP contribution is -2.27. The Morgan fingerprint density at radius 2 is 1.88 bits per heavy atom. The molecular formula is C17H20N2O5. The number of aromatic carboxylic acids is 1. The van der Waals surface area contributed by atoms with Gasteiger partial charge in [0.1, 0.15) is 5.60 Å². The summed E-state index contributed by atoms with van der Waals surface area (Å²) in [5.74, 6) is -0.858. The summed E-state index contributed by atoms with van der Waals surface area (Å²) in [5, 5.41) is 15.1. The van der Waals surface area contributed by atoms with Crippen LogP contribution in [0.15, 0.2) is 22.7 Å². The highest BCUT2D eigenvalue weighted by Gasteiger charge is 2.19. The second kappa shape index (κ2) is 6.35. The van der Waals surface area contributed by atoms with E-state index in [1.807, 2.05) is 19.9 Å². The van der Waals surface area contributed by atoms with Gasteiger partial charge in [0.05, 0.1) is 0 Å². The Balaban J connectivity index is 2.34. The number of carboxylic acid groups (broad SMARTS) is 1. The van der Waals surface area contributed by atoms with E-state index in [9.17, 15) is 9.59 Å². The molecule has 0 spiro atoms. The number of carboxylic acids is 1. The van der Waals surface area contributed by atoms with Crippen LogP contribution in [-0.4, -0.2) is 27.9 Å². The Bertz CT molecular complexity index is 787. The number of amides is 1. The van der Waals surface area contributed by atoms with Crippen molar-refractivity contribution in [2.24, 2.45) is 0 Å². The molecule has 0 radical (unpaired) electrons. The van der Waals surface area contributed by atoms with E-state index in [-0.39, 0.29) is 5.69 Å². The van der Waals surface area contributed by atoms with Gasteiger partial charge >= 0.3 is 12.1 Å². The first-order chi connectivity index (χ1) is 11.1. The van der Waals surface area contributed by atoms with Gasteiger partial charge in [0, 0.05) is 17.3 Å². The number of ether oxygens (including phenoxy) is 1. The third-order valence-electron chi connectivity index (χ3n) is 3.32. The average molecular weight is 332 g/mol. The van der Waals surface area contributed by atoms with E-state index in [1.165, 1.54) is 6.07 Å². The van der Waals surface area contributed by atoms with Gasteiger partial charge in [-0.1, -0.05) is 5.16 Å². The Hall–Kier alpha value is -2.83. The van der Waals surface area contributed by atoms with Crippen LogP contribution in [0.3, 0.4) is 0 Å². The van der Waals surface area contributed by atoms with Crippen molar-refractivity contribution in [3.8, 4) is 11.3 Å². The molecule has 2 N–H and O–H groups in total. The van der Waals surface area contributed by atoms with Gasteiger partial charge in [-0.3, -0.25) is 5.32 Å². The van der Waals surface area contributed by atoms with Gasteiger partial charge in [0.15, 0.2) is 11.5 Å². The van der Waals surface area contributed by atoms with E-state index in [1.54, 1.807) is 26.8 Å². The van der Waals surface area contributed by atoms with E-state index in [0.29, 0.717) is 17.0 Å². The zero-order chi connectivity index (χ0) is 18.1. The predicted molar refractivity (Wildman–Crippen MR) is 88.2 cm³/mol. The van der Waals surface area contributed by atoms with Crippen LogP contribution in [0.2, 0.25) is 0 Å². The van der Waals surface area contributed by atoms with Crippen LogP contribution in [0.5, 0.6) is 0 Å². The summed E-state index contributed by atoms with van der Waals surface area (Å²) in [7, 11) is 0. The quantitative estimate of drug-likeness (QED) is 0.880. The molecule has 0 unspecified atom stereocenters. The maximum atomic E-state index is 12.0. The zero-order valence-corrected chi connectivity index (χ0v) is 14.3. The van der Waals surface area contributed by atoms with Crippen LogP contribution in [0.4, 0.5) is 10.5 Å². The highest BCUT2D eigenvalue weighted by molar-refractivity contribution is 5.89. The molecule has 24 heavy (non-hydrogen) atoms. The highest BCUT2D eigenvalue weighted by Crippen LogP contribution is 2.29. The van der Waals surface area contributed by atoms with Crippen molar-refractivity contribution in [1.82, 2.24) is 5.16 Å². The number of carbonyl (C=O) groups excluding carboxylic acids is 1. The molecule has 0 aliphatic rings. The molecule has 2 aromatic rings. The molecule has 1 aromatic carbocycles. The van der Waals surface area contributed by atoms with Crippen molar-refractivity contribution in [2.75, 3.05) is 5.32 Å². The minimum Gasteiger partial charge on any atom is -0.476 e. The second-order valence-corrected chi connectivity index (χ2v) is 6.47. The monoisotopic (exact) mass is 332 g/mol. The largest absolute Gasteiger partial charge is 0.476 e. The van der Waals surface area contributed by atoms with Crippen molar-refractivity contribution in [3.05, 3.63) is 35.0 Å². The molecular weight excluding hydrogens is 312 g/mol. The third kappa shape index (κ3) is 4.13. The standard InChI is InChI=1S/C17H20N2O5/c1-9-6-11(14-8-13(15(20)21)19-24-14)7-12(10(9)2)18-16(22)23-17(3,4)5/h6-8H,1-5H3,(H,18,22)(H,20,21). The molecule has 0 fully saturated rings. The average Bonchev–Trinajstić information content (AvgIpc) is 2.91. The molecule has 2 rings (SSSR count). The molecule has 128 valence electrons. The summed E-state index contributed by atoms with van der Waals surface area (Å²) in [6, 6.07) is 4.86. The molecule has 0 atom stereocenters. The lowest BCUT2D eigenvalue weighted by atomic mass is 10.0. The first-order valence-electron chi connectivity index (χ1n) is 7.38. The van der Waals surface area contributed by atoms with Crippen molar-refractivity contribution in [3.63, 3.8) is 0 Å². The van der Waals surface area contributed by atoms with E-state index in [2.05, 4.69) is 10.5 Å². The number of benzene rings is 1. The summed E-state index contributed by atoms with van der Waals surface area (Å²) in [4.78, 5) is 22.9. The van der Waals surface area contributed by atoms with Crippen LogP contribution >= 0.6 is 0 Å². The Labute approximate surface area is 139 Å². The number of aryl methyl sites for hydroxylation is 1. The van der Waals surface area contributed by atoms with E-state index >= 15 is 0 Å². The van der Waals surface area contributed by atoms with Gasteiger partial charge in [0.25, 0.3) is 0 Å². The summed E-state index contributed by atoms with van der Waals surface area (Å²) in [6.07, 6.45) is -0.564. The van der Waals surface area contributed by atoms with E-state index < -0.39 is 17.7 Å². The van der Waals surface area contributed by atoms with Gasteiger partial charge in [-0.2, -0.15) is 0 Å². The maximum Gasteiger partial charge on any atom is 0.412 e. The number of hydrogen-bond acceptors (Lipinski definition) is 5. The summed E-state index contributed by atoms with van der Waals surface area (Å²) < 4.78 is 10.3. The summed E-state index contributed by atoms with van der Waals surface area (Å²) in [5.41, 5.74) is 2.18. The number of carbonyl (C=O) groups is 2. The number of hydrogen-bond donors (Lipinski definition) is 2. The lowest BCUT2D eigenvalue weighted by Gasteiger charge is -2.20. The number of nitrogens with one attached hydrogen (secondary N) is 1. The molecule has 1 aromatic heterocycles. The predicted octanol–water partition coefficient (Wildman–Crippen LogP) is 4.00.